The minimum Gasteiger partial charge on any atom is -0.475 e. The molecule has 0 saturated carbocycles. The largest absolute Gasteiger partial charge is 0.475 e. The molecule has 1 aromatic heterocycles. The van der Waals surface area contributed by atoms with Gasteiger partial charge in [-0.3, -0.25) is 4.90 Å². The molecular formula is C15H23N3O2S. The highest BCUT2D eigenvalue weighted by Gasteiger charge is 2.41. The average Bonchev–Trinajstić information content (AvgIpc) is 3.02. The van der Waals surface area contributed by atoms with Crippen LogP contribution < -0.4 is 4.74 Å². The second-order valence-electron chi connectivity index (χ2n) is 6.25. The molecule has 21 heavy (non-hydrogen) atoms. The maximum atomic E-state index is 10.00. The number of piperidine rings is 1. The number of rotatable bonds is 5. The van der Waals surface area contributed by atoms with Crippen molar-refractivity contribution in [2.24, 2.45) is 5.92 Å². The number of aliphatic hydroxyl groups is 1. The molecule has 0 spiro atoms. The molecule has 5 nitrogen and oxygen atoms in total. The van der Waals surface area contributed by atoms with Crippen LogP contribution in [-0.4, -0.2) is 44.6 Å². The van der Waals surface area contributed by atoms with Crippen molar-refractivity contribution in [2.75, 3.05) is 19.7 Å². The highest BCUT2D eigenvalue weighted by Crippen LogP contribution is 2.41. The number of aliphatic hydroxyl groups excluding tert-OH is 1. The first kappa shape index (κ1) is 14.9. The Kier molecular flexibility index (Phi) is 4.57. The molecule has 1 aromatic rings. The van der Waals surface area contributed by atoms with E-state index in [2.05, 4.69) is 33.6 Å². The first-order chi connectivity index (χ1) is 10.1. The molecule has 0 aliphatic carbocycles. The Labute approximate surface area is 130 Å². The summed E-state index contributed by atoms with van der Waals surface area (Å²) in [7, 11) is 0. The third-order valence-corrected chi connectivity index (χ3v) is 4.92. The molecule has 6 heteroatoms. The fourth-order valence-electron chi connectivity index (χ4n) is 3.28. The van der Waals surface area contributed by atoms with Gasteiger partial charge in [0.05, 0.1) is 30.5 Å². The van der Waals surface area contributed by atoms with E-state index in [0.717, 1.165) is 38.0 Å². The summed E-state index contributed by atoms with van der Waals surface area (Å²) in [5, 5.41) is 10.00. The Morgan fingerprint density at radius 3 is 3.05 bits per heavy atom. The molecule has 2 fully saturated rings. The Balaban J connectivity index is 1.64. The van der Waals surface area contributed by atoms with E-state index in [-0.39, 0.29) is 12.1 Å². The van der Waals surface area contributed by atoms with Gasteiger partial charge in [-0.05, 0) is 39.0 Å². The SMILES string of the molecule is CC(C)=CCCOc1nsnc1C1CCC2CN1CC2O. The Morgan fingerprint density at radius 1 is 1.38 bits per heavy atom. The highest BCUT2D eigenvalue weighted by molar-refractivity contribution is 6.99. The zero-order chi connectivity index (χ0) is 14.8. The lowest BCUT2D eigenvalue weighted by molar-refractivity contribution is 0.144. The van der Waals surface area contributed by atoms with Crippen LogP contribution in [0, 0.1) is 5.92 Å². The van der Waals surface area contributed by atoms with Crippen LogP contribution in [0.3, 0.4) is 0 Å². The Bertz CT molecular complexity index is 511. The van der Waals surface area contributed by atoms with Gasteiger partial charge in [-0.15, -0.1) is 4.37 Å². The van der Waals surface area contributed by atoms with Crippen molar-refractivity contribution >= 4 is 11.7 Å². The number of aromatic nitrogens is 2. The lowest BCUT2D eigenvalue weighted by Gasteiger charge is -2.30. The summed E-state index contributed by atoms with van der Waals surface area (Å²) in [5.74, 6) is 1.13. The molecular weight excluding hydrogens is 286 g/mol. The van der Waals surface area contributed by atoms with Crippen LogP contribution >= 0.6 is 11.7 Å². The molecule has 0 radical (unpaired) electrons. The number of fused-ring (bicyclic) bond motifs is 2. The van der Waals surface area contributed by atoms with Crippen molar-refractivity contribution in [3.05, 3.63) is 17.3 Å². The van der Waals surface area contributed by atoms with Gasteiger partial charge in [0.1, 0.15) is 5.69 Å². The van der Waals surface area contributed by atoms with Crippen LogP contribution in [0.5, 0.6) is 5.88 Å². The topological polar surface area (TPSA) is 58.5 Å². The van der Waals surface area contributed by atoms with Crippen LogP contribution in [0.2, 0.25) is 0 Å². The molecule has 2 saturated heterocycles. The van der Waals surface area contributed by atoms with Crippen molar-refractivity contribution in [1.29, 1.82) is 0 Å². The van der Waals surface area contributed by atoms with Gasteiger partial charge in [0.2, 0.25) is 0 Å². The monoisotopic (exact) mass is 309 g/mol. The molecule has 3 rings (SSSR count). The van der Waals surface area contributed by atoms with Crippen LogP contribution in [0.1, 0.15) is 44.8 Å². The normalized spacial score (nSPS) is 31.2. The van der Waals surface area contributed by atoms with E-state index in [1.807, 2.05) is 0 Å². The van der Waals surface area contributed by atoms with E-state index < -0.39 is 0 Å². The van der Waals surface area contributed by atoms with E-state index in [1.165, 1.54) is 17.3 Å². The first-order valence-corrected chi connectivity index (χ1v) is 8.39. The third kappa shape index (κ3) is 3.27. The summed E-state index contributed by atoms with van der Waals surface area (Å²) >= 11 is 1.22. The fraction of sp³-hybridized carbons (Fsp3) is 0.733. The molecule has 2 aliphatic rings. The predicted octanol–water partition coefficient (Wildman–Crippen LogP) is 2.40. The van der Waals surface area contributed by atoms with Crippen molar-refractivity contribution in [1.82, 2.24) is 13.6 Å². The summed E-state index contributed by atoms with van der Waals surface area (Å²) in [5.41, 5.74) is 2.27. The standard InChI is InChI=1S/C15H23N3O2S/c1-10(2)4-3-7-20-15-14(16-21-17-15)12-6-5-11-8-18(12)9-13(11)19/h4,11-13,19H,3,5-9H2,1-2H3. The molecule has 0 amide bonds. The van der Waals surface area contributed by atoms with E-state index in [4.69, 9.17) is 4.74 Å². The maximum absolute atomic E-state index is 10.00. The van der Waals surface area contributed by atoms with Gasteiger partial charge in [-0.2, -0.15) is 4.37 Å². The van der Waals surface area contributed by atoms with E-state index in [0.29, 0.717) is 18.4 Å². The molecule has 2 aliphatic heterocycles. The summed E-state index contributed by atoms with van der Waals surface area (Å²) < 4.78 is 14.6. The van der Waals surface area contributed by atoms with Gasteiger partial charge in [0.15, 0.2) is 0 Å². The summed E-state index contributed by atoms with van der Waals surface area (Å²) in [6, 6.07) is 0.260. The smallest absolute Gasteiger partial charge is 0.250 e. The van der Waals surface area contributed by atoms with Crippen molar-refractivity contribution in [3.63, 3.8) is 0 Å². The number of hydrogen-bond acceptors (Lipinski definition) is 6. The molecule has 4 unspecified atom stereocenters. The second kappa shape index (κ2) is 6.42. The maximum Gasteiger partial charge on any atom is 0.250 e. The molecule has 2 bridgehead atoms. The minimum absolute atomic E-state index is 0.177. The van der Waals surface area contributed by atoms with Gasteiger partial charge < -0.3 is 9.84 Å². The fourth-order valence-corrected chi connectivity index (χ4v) is 3.83. The van der Waals surface area contributed by atoms with Crippen molar-refractivity contribution < 1.29 is 9.84 Å². The first-order valence-electron chi connectivity index (χ1n) is 7.66. The lowest BCUT2D eigenvalue weighted by atomic mass is 9.93. The van der Waals surface area contributed by atoms with Gasteiger partial charge in [-0.1, -0.05) is 11.6 Å². The van der Waals surface area contributed by atoms with E-state index in [9.17, 15) is 5.11 Å². The summed E-state index contributed by atoms with van der Waals surface area (Å²) in [6.07, 6.45) is 4.99. The zero-order valence-corrected chi connectivity index (χ0v) is 13.5. The molecule has 1 N–H and O–H groups in total. The van der Waals surface area contributed by atoms with Crippen LogP contribution in [0.4, 0.5) is 0 Å². The highest BCUT2D eigenvalue weighted by atomic mass is 32.1. The molecule has 3 heterocycles. The molecule has 4 atom stereocenters. The summed E-state index contributed by atoms with van der Waals surface area (Å²) in [6.45, 7) is 6.55. The lowest BCUT2D eigenvalue weighted by Crippen LogP contribution is -2.31. The number of allylic oxidation sites excluding steroid dienone is 1. The van der Waals surface area contributed by atoms with Crippen LogP contribution in [-0.2, 0) is 0 Å². The number of ether oxygens (including phenoxy) is 1. The molecule has 116 valence electrons. The van der Waals surface area contributed by atoms with Gasteiger partial charge in [0.25, 0.3) is 5.88 Å². The van der Waals surface area contributed by atoms with Gasteiger partial charge in [-0.25, -0.2) is 0 Å². The Morgan fingerprint density at radius 2 is 2.24 bits per heavy atom. The van der Waals surface area contributed by atoms with Crippen molar-refractivity contribution in [3.8, 4) is 5.88 Å². The van der Waals surface area contributed by atoms with Gasteiger partial charge >= 0.3 is 0 Å². The van der Waals surface area contributed by atoms with E-state index in [1.54, 1.807) is 0 Å². The van der Waals surface area contributed by atoms with Gasteiger partial charge in [0, 0.05) is 13.1 Å². The number of hydrogen-bond donors (Lipinski definition) is 1. The second-order valence-corrected chi connectivity index (χ2v) is 6.78. The molecule has 0 aromatic carbocycles. The third-order valence-electron chi connectivity index (χ3n) is 4.39. The van der Waals surface area contributed by atoms with Crippen LogP contribution in [0.25, 0.3) is 0 Å². The Hall–Kier alpha value is -0.980. The predicted molar refractivity (Wildman–Crippen MR) is 82.5 cm³/mol. The van der Waals surface area contributed by atoms with E-state index >= 15 is 0 Å². The average molecular weight is 309 g/mol. The zero-order valence-electron chi connectivity index (χ0n) is 12.7. The minimum atomic E-state index is -0.177. The quantitative estimate of drug-likeness (QED) is 0.668. The van der Waals surface area contributed by atoms with Crippen LogP contribution in [0.15, 0.2) is 11.6 Å². The number of nitrogens with zero attached hydrogens (tertiary/aromatic N) is 3. The summed E-state index contributed by atoms with van der Waals surface area (Å²) in [4.78, 5) is 2.33. The van der Waals surface area contributed by atoms with Crippen molar-refractivity contribution in [2.45, 2.75) is 45.3 Å².